The van der Waals surface area contributed by atoms with Crippen molar-refractivity contribution >= 4 is 27.8 Å². The molecule has 0 saturated heterocycles. The number of hydrogen-bond donors (Lipinski definition) is 2. The Balaban J connectivity index is 1.75. The molecule has 3 aromatic rings. The van der Waals surface area contributed by atoms with Crippen molar-refractivity contribution in [2.45, 2.75) is 25.4 Å². The quantitative estimate of drug-likeness (QED) is 0.705. The van der Waals surface area contributed by atoms with Crippen LogP contribution in [0.1, 0.15) is 29.4 Å². The predicted octanol–water partition coefficient (Wildman–Crippen LogP) is 3.68. The SMILES string of the molecule is CCOC(=O)c1cc2c(cn1)[nH]c1ccc(CC3(O)C=CC=CC3)cc12. The van der Waals surface area contributed by atoms with Crippen LogP contribution >= 0.6 is 0 Å². The molecule has 2 heterocycles. The van der Waals surface area contributed by atoms with Gasteiger partial charge in [0.05, 0.1) is 23.9 Å². The number of fused-ring (bicyclic) bond motifs is 3. The van der Waals surface area contributed by atoms with E-state index in [4.69, 9.17) is 4.74 Å². The Kier molecular flexibility index (Phi) is 4.09. The molecule has 1 aliphatic carbocycles. The third-order valence-corrected chi connectivity index (χ3v) is 4.67. The first kappa shape index (κ1) is 16.5. The number of allylic oxidation sites excluding steroid dienone is 2. The summed E-state index contributed by atoms with van der Waals surface area (Å²) in [4.78, 5) is 19.5. The lowest BCUT2D eigenvalue weighted by Gasteiger charge is -2.25. The predicted molar refractivity (Wildman–Crippen MR) is 101 cm³/mol. The minimum absolute atomic E-state index is 0.296. The highest BCUT2D eigenvalue weighted by atomic mass is 16.5. The summed E-state index contributed by atoms with van der Waals surface area (Å²) in [5, 5.41) is 12.6. The molecule has 132 valence electrons. The second-order valence-corrected chi connectivity index (χ2v) is 6.61. The molecule has 5 heteroatoms. The molecule has 0 radical (unpaired) electrons. The molecule has 2 aromatic heterocycles. The number of ether oxygens (including phenoxy) is 1. The van der Waals surface area contributed by atoms with Crippen molar-refractivity contribution in [2.24, 2.45) is 0 Å². The Labute approximate surface area is 151 Å². The van der Waals surface area contributed by atoms with Gasteiger partial charge in [-0.05, 0) is 37.1 Å². The summed E-state index contributed by atoms with van der Waals surface area (Å²) in [5.41, 5.74) is 2.31. The summed E-state index contributed by atoms with van der Waals surface area (Å²) < 4.78 is 5.04. The molecule has 0 spiro atoms. The lowest BCUT2D eigenvalue weighted by molar-refractivity contribution is 0.0519. The van der Waals surface area contributed by atoms with E-state index in [9.17, 15) is 9.90 Å². The monoisotopic (exact) mass is 348 g/mol. The molecule has 26 heavy (non-hydrogen) atoms. The minimum Gasteiger partial charge on any atom is -0.461 e. The van der Waals surface area contributed by atoms with Crippen molar-refractivity contribution in [1.82, 2.24) is 9.97 Å². The number of carbonyl (C=O) groups is 1. The zero-order chi connectivity index (χ0) is 18.1. The van der Waals surface area contributed by atoms with Crippen molar-refractivity contribution in [3.8, 4) is 0 Å². The number of aromatic nitrogens is 2. The number of pyridine rings is 1. The van der Waals surface area contributed by atoms with Crippen LogP contribution in [0.2, 0.25) is 0 Å². The summed E-state index contributed by atoms with van der Waals surface area (Å²) in [6.07, 6.45) is 10.4. The van der Waals surface area contributed by atoms with Crippen molar-refractivity contribution in [1.29, 1.82) is 0 Å². The van der Waals surface area contributed by atoms with Gasteiger partial charge in [-0.3, -0.25) is 0 Å². The Morgan fingerprint density at radius 3 is 2.88 bits per heavy atom. The number of hydrogen-bond acceptors (Lipinski definition) is 4. The molecule has 1 unspecified atom stereocenters. The average Bonchev–Trinajstić information content (AvgIpc) is 2.99. The third-order valence-electron chi connectivity index (χ3n) is 4.67. The number of aliphatic hydroxyl groups is 1. The fraction of sp³-hybridized carbons (Fsp3) is 0.238. The number of esters is 1. The first-order chi connectivity index (χ1) is 12.6. The van der Waals surface area contributed by atoms with Crippen LogP contribution in [0.5, 0.6) is 0 Å². The van der Waals surface area contributed by atoms with Crippen LogP contribution in [0, 0.1) is 0 Å². The van der Waals surface area contributed by atoms with E-state index in [-0.39, 0.29) is 0 Å². The molecule has 1 atom stereocenters. The lowest BCUT2D eigenvalue weighted by atomic mass is 9.88. The Morgan fingerprint density at radius 2 is 2.12 bits per heavy atom. The van der Waals surface area contributed by atoms with E-state index >= 15 is 0 Å². The van der Waals surface area contributed by atoms with Gasteiger partial charge in [-0.15, -0.1) is 0 Å². The van der Waals surface area contributed by atoms with Gasteiger partial charge in [-0.25, -0.2) is 9.78 Å². The molecule has 0 aliphatic heterocycles. The number of nitrogens with zero attached hydrogens (tertiary/aromatic N) is 1. The van der Waals surface area contributed by atoms with Gasteiger partial charge < -0.3 is 14.8 Å². The first-order valence-electron chi connectivity index (χ1n) is 8.72. The molecule has 0 fully saturated rings. The van der Waals surface area contributed by atoms with Crippen LogP contribution < -0.4 is 0 Å². The van der Waals surface area contributed by atoms with E-state index in [1.807, 2.05) is 36.4 Å². The number of rotatable bonds is 4. The van der Waals surface area contributed by atoms with Gasteiger partial charge >= 0.3 is 5.97 Å². The van der Waals surface area contributed by atoms with E-state index in [0.717, 1.165) is 27.4 Å². The summed E-state index contributed by atoms with van der Waals surface area (Å²) in [6.45, 7) is 2.09. The molecule has 2 N–H and O–H groups in total. The van der Waals surface area contributed by atoms with E-state index in [2.05, 4.69) is 16.0 Å². The van der Waals surface area contributed by atoms with Crippen LogP contribution in [0.15, 0.2) is 54.8 Å². The van der Waals surface area contributed by atoms with Crippen molar-refractivity contribution < 1.29 is 14.6 Å². The number of H-pyrrole nitrogens is 1. The van der Waals surface area contributed by atoms with Gasteiger partial charge in [0, 0.05) is 22.7 Å². The molecule has 1 aliphatic rings. The largest absolute Gasteiger partial charge is 0.461 e. The zero-order valence-corrected chi connectivity index (χ0v) is 14.5. The molecular formula is C21H20N2O3. The first-order valence-corrected chi connectivity index (χ1v) is 8.72. The van der Waals surface area contributed by atoms with Gasteiger partial charge in [0.1, 0.15) is 5.69 Å². The highest BCUT2D eigenvalue weighted by molar-refractivity contribution is 6.08. The third kappa shape index (κ3) is 3.02. The van der Waals surface area contributed by atoms with Crippen LogP contribution in [0.4, 0.5) is 0 Å². The van der Waals surface area contributed by atoms with Gasteiger partial charge in [-0.2, -0.15) is 0 Å². The number of benzene rings is 1. The van der Waals surface area contributed by atoms with Crippen molar-refractivity contribution in [2.75, 3.05) is 6.61 Å². The normalized spacial score (nSPS) is 19.3. The van der Waals surface area contributed by atoms with Crippen LogP contribution in [-0.4, -0.2) is 33.3 Å². The van der Waals surface area contributed by atoms with E-state index in [1.165, 1.54) is 0 Å². The molecule has 5 nitrogen and oxygen atoms in total. The molecule has 0 amide bonds. The number of nitrogens with one attached hydrogen (secondary N) is 1. The fourth-order valence-electron chi connectivity index (χ4n) is 3.41. The molecule has 0 saturated carbocycles. The van der Waals surface area contributed by atoms with Crippen molar-refractivity contribution in [3.05, 3.63) is 66.0 Å². The minimum atomic E-state index is -0.855. The summed E-state index contributed by atoms with van der Waals surface area (Å²) >= 11 is 0. The maximum atomic E-state index is 12.0. The molecule has 4 rings (SSSR count). The highest BCUT2D eigenvalue weighted by Gasteiger charge is 2.24. The summed E-state index contributed by atoms with van der Waals surface area (Å²) in [5.74, 6) is -0.423. The van der Waals surface area contributed by atoms with Gasteiger partial charge in [0.2, 0.25) is 0 Å². The molecular weight excluding hydrogens is 328 g/mol. The maximum absolute atomic E-state index is 12.0. The van der Waals surface area contributed by atoms with Gasteiger partial charge in [-0.1, -0.05) is 30.4 Å². The summed E-state index contributed by atoms with van der Waals surface area (Å²) in [7, 11) is 0. The summed E-state index contributed by atoms with van der Waals surface area (Å²) in [6, 6.07) is 7.84. The Bertz CT molecular complexity index is 1050. The van der Waals surface area contributed by atoms with Gasteiger partial charge in [0.25, 0.3) is 0 Å². The second-order valence-electron chi connectivity index (χ2n) is 6.61. The van der Waals surface area contributed by atoms with Crippen LogP contribution in [-0.2, 0) is 11.2 Å². The zero-order valence-electron chi connectivity index (χ0n) is 14.5. The standard InChI is InChI=1S/C21H20N2O3/c1-2-26-20(24)18-11-16-15-10-14(12-21(25)8-4-3-5-9-21)6-7-17(15)23-19(16)13-22-18/h3-8,10-11,13,23,25H,2,9,12H2,1H3. The fourth-order valence-corrected chi connectivity index (χ4v) is 3.41. The van der Waals surface area contributed by atoms with E-state index < -0.39 is 11.6 Å². The number of carbonyl (C=O) groups excluding carboxylic acids is 1. The highest BCUT2D eigenvalue weighted by Crippen LogP contribution is 2.29. The average molecular weight is 348 g/mol. The molecule has 1 aromatic carbocycles. The van der Waals surface area contributed by atoms with Crippen LogP contribution in [0.3, 0.4) is 0 Å². The lowest BCUT2D eigenvalue weighted by Crippen LogP contribution is -2.29. The van der Waals surface area contributed by atoms with Crippen LogP contribution in [0.25, 0.3) is 21.8 Å². The van der Waals surface area contributed by atoms with Gasteiger partial charge in [0.15, 0.2) is 0 Å². The Morgan fingerprint density at radius 1 is 1.27 bits per heavy atom. The van der Waals surface area contributed by atoms with E-state index in [0.29, 0.717) is 25.1 Å². The number of aromatic amines is 1. The maximum Gasteiger partial charge on any atom is 0.356 e. The second kappa shape index (κ2) is 6.42. The van der Waals surface area contributed by atoms with Crippen molar-refractivity contribution in [3.63, 3.8) is 0 Å². The topological polar surface area (TPSA) is 75.2 Å². The smallest absolute Gasteiger partial charge is 0.356 e. The Hall–Kier alpha value is -2.92. The molecule has 0 bridgehead atoms. The van der Waals surface area contributed by atoms with E-state index in [1.54, 1.807) is 19.2 Å².